The zero-order chi connectivity index (χ0) is 20.5. The van der Waals surface area contributed by atoms with E-state index in [1.165, 1.54) is 13.2 Å². The summed E-state index contributed by atoms with van der Waals surface area (Å²) in [6.07, 6.45) is 9.07. The number of benzene rings is 1. The van der Waals surface area contributed by atoms with Crippen LogP contribution >= 0.6 is 11.6 Å². The second kappa shape index (κ2) is 11.0. The van der Waals surface area contributed by atoms with Gasteiger partial charge in [-0.25, -0.2) is 0 Å². The monoisotopic (exact) mass is 406 g/mol. The first kappa shape index (κ1) is 22.2. The Morgan fingerprint density at radius 2 is 2.00 bits per heavy atom. The average molecular weight is 407 g/mol. The number of methoxy groups -OCH3 is 1. The van der Waals surface area contributed by atoms with Crippen LogP contribution in [-0.4, -0.2) is 29.8 Å². The molecule has 2 atom stereocenters. The van der Waals surface area contributed by atoms with Gasteiger partial charge in [-0.3, -0.25) is 14.4 Å². The molecule has 1 fully saturated rings. The quantitative estimate of drug-likeness (QED) is 0.314. The number of ether oxygens (including phenoxy) is 1. The second-order valence-corrected chi connectivity index (χ2v) is 7.63. The fraction of sp³-hybridized carbons (Fsp3) is 0.500. The molecule has 1 aromatic rings. The van der Waals surface area contributed by atoms with Crippen LogP contribution in [0.25, 0.3) is 0 Å². The van der Waals surface area contributed by atoms with E-state index in [4.69, 9.17) is 21.4 Å². The maximum atomic E-state index is 12.5. The summed E-state index contributed by atoms with van der Waals surface area (Å²) in [6, 6.07) is 4.90. The molecule has 0 spiro atoms. The topological polar surface area (TPSA) is 80.7 Å². The van der Waals surface area contributed by atoms with E-state index in [1.807, 2.05) is 6.08 Å². The first-order valence-electron chi connectivity index (χ1n) is 9.73. The number of halogens is 1. The van der Waals surface area contributed by atoms with Crippen LogP contribution in [0.4, 0.5) is 0 Å². The molecule has 0 heterocycles. The first-order valence-corrected chi connectivity index (χ1v) is 10.1. The summed E-state index contributed by atoms with van der Waals surface area (Å²) in [6.45, 7) is 0. The lowest BCUT2D eigenvalue weighted by molar-refractivity contribution is -0.137. The molecule has 1 aromatic carbocycles. The largest absolute Gasteiger partial charge is 0.496 e. The number of carbonyl (C=O) groups excluding carboxylic acids is 2. The summed E-state index contributed by atoms with van der Waals surface area (Å²) >= 11 is 5.94. The van der Waals surface area contributed by atoms with E-state index >= 15 is 0 Å². The molecule has 2 rings (SSSR count). The highest BCUT2D eigenvalue weighted by Gasteiger charge is 2.32. The van der Waals surface area contributed by atoms with Crippen molar-refractivity contribution in [1.29, 1.82) is 0 Å². The molecule has 1 aliphatic carbocycles. The number of ketones is 2. The highest BCUT2D eigenvalue weighted by Crippen LogP contribution is 2.34. The van der Waals surface area contributed by atoms with E-state index in [0.717, 1.165) is 32.1 Å². The van der Waals surface area contributed by atoms with Gasteiger partial charge in [0.05, 0.1) is 12.7 Å². The highest BCUT2D eigenvalue weighted by atomic mass is 35.5. The van der Waals surface area contributed by atoms with Gasteiger partial charge in [0.15, 0.2) is 5.78 Å². The van der Waals surface area contributed by atoms with Crippen molar-refractivity contribution in [3.05, 3.63) is 40.9 Å². The lowest BCUT2D eigenvalue weighted by atomic mass is 9.89. The minimum absolute atomic E-state index is 0.0457. The van der Waals surface area contributed by atoms with Crippen molar-refractivity contribution in [3.8, 4) is 5.75 Å². The third-order valence-corrected chi connectivity index (χ3v) is 5.47. The molecule has 5 nitrogen and oxygen atoms in total. The van der Waals surface area contributed by atoms with E-state index in [2.05, 4.69) is 0 Å². The SMILES string of the molecule is COc1cc(Cl)ccc1C(=O)/C=C/C1CCC(=O)C1CCCCCCC(=O)O. The van der Waals surface area contributed by atoms with Gasteiger partial charge >= 0.3 is 5.97 Å². The molecule has 0 amide bonds. The van der Waals surface area contributed by atoms with Crippen molar-refractivity contribution in [2.75, 3.05) is 7.11 Å². The van der Waals surface area contributed by atoms with Crippen LogP contribution in [0.2, 0.25) is 5.02 Å². The molecule has 1 saturated carbocycles. The molecule has 1 N–H and O–H groups in total. The summed E-state index contributed by atoms with van der Waals surface area (Å²) < 4.78 is 5.23. The lowest BCUT2D eigenvalue weighted by Gasteiger charge is -2.14. The Morgan fingerprint density at radius 3 is 2.71 bits per heavy atom. The Hall–Kier alpha value is -2.14. The van der Waals surface area contributed by atoms with E-state index < -0.39 is 5.97 Å². The Bertz CT molecular complexity index is 740. The normalized spacial score (nSPS) is 19.3. The summed E-state index contributed by atoms with van der Waals surface area (Å²) in [7, 11) is 1.49. The summed E-state index contributed by atoms with van der Waals surface area (Å²) in [5.74, 6) is -0.206. The molecular weight excluding hydrogens is 380 g/mol. The van der Waals surface area contributed by atoms with Gasteiger partial charge in [0.2, 0.25) is 0 Å². The van der Waals surface area contributed by atoms with Crippen molar-refractivity contribution in [1.82, 2.24) is 0 Å². The standard InChI is InChI=1S/C22H27ClO5/c1-28-21-14-16(23)10-11-18(21)20(25)13-9-15-8-12-19(24)17(15)6-4-2-3-5-7-22(26)27/h9-11,13-15,17H,2-8,12H2,1H3,(H,26,27)/b13-9+. The molecule has 6 heteroatoms. The van der Waals surface area contributed by atoms with Crippen molar-refractivity contribution in [3.63, 3.8) is 0 Å². The van der Waals surface area contributed by atoms with E-state index in [0.29, 0.717) is 29.2 Å². The molecule has 152 valence electrons. The van der Waals surface area contributed by atoms with Gasteiger partial charge in [0.25, 0.3) is 0 Å². The predicted octanol–water partition coefficient (Wildman–Crippen LogP) is 5.11. The van der Waals surface area contributed by atoms with Gasteiger partial charge in [0.1, 0.15) is 11.5 Å². The van der Waals surface area contributed by atoms with Crippen LogP contribution in [-0.2, 0) is 9.59 Å². The maximum absolute atomic E-state index is 12.5. The van der Waals surface area contributed by atoms with Crippen molar-refractivity contribution >= 4 is 29.1 Å². The summed E-state index contributed by atoms with van der Waals surface area (Å²) in [5, 5.41) is 9.15. The van der Waals surface area contributed by atoms with Gasteiger partial charge in [-0.05, 0) is 49.5 Å². The first-order chi connectivity index (χ1) is 13.4. The number of carboxylic acid groups (broad SMARTS) is 1. The second-order valence-electron chi connectivity index (χ2n) is 7.19. The minimum atomic E-state index is -0.766. The molecule has 2 unspecified atom stereocenters. The van der Waals surface area contributed by atoms with E-state index in [1.54, 1.807) is 18.2 Å². The van der Waals surface area contributed by atoms with Crippen molar-refractivity contribution < 1.29 is 24.2 Å². The van der Waals surface area contributed by atoms with Crippen LogP contribution < -0.4 is 4.74 Å². The van der Waals surface area contributed by atoms with Gasteiger partial charge < -0.3 is 9.84 Å². The Morgan fingerprint density at radius 1 is 1.25 bits per heavy atom. The fourth-order valence-corrected chi connectivity index (χ4v) is 3.87. The van der Waals surface area contributed by atoms with Crippen LogP contribution in [0, 0.1) is 11.8 Å². The molecule has 0 aromatic heterocycles. The summed E-state index contributed by atoms with van der Waals surface area (Å²) in [5.41, 5.74) is 0.447. The maximum Gasteiger partial charge on any atom is 0.303 e. The Labute approximate surface area is 170 Å². The zero-order valence-corrected chi connectivity index (χ0v) is 16.9. The van der Waals surface area contributed by atoms with Gasteiger partial charge in [0, 0.05) is 23.8 Å². The number of unbranched alkanes of at least 4 members (excludes halogenated alkanes) is 3. The van der Waals surface area contributed by atoms with Crippen molar-refractivity contribution in [2.24, 2.45) is 11.8 Å². The Balaban J connectivity index is 1.90. The third kappa shape index (κ3) is 6.48. The van der Waals surface area contributed by atoms with Crippen LogP contribution in [0.5, 0.6) is 5.75 Å². The van der Waals surface area contributed by atoms with E-state index in [9.17, 15) is 14.4 Å². The Kier molecular flexibility index (Phi) is 8.71. The molecule has 0 bridgehead atoms. The molecule has 0 aliphatic heterocycles. The summed E-state index contributed by atoms with van der Waals surface area (Å²) in [4.78, 5) is 35.3. The number of aliphatic carboxylic acids is 1. The van der Waals surface area contributed by atoms with Gasteiger partial charge in [-0.2, -0.15) is 0 Å². The number of allylic oxidation sites excluding steroid dienone is 2. The predicted molar refractivity (Wildman–Crippen MR) is 108 cm³/mol. The third-order valence-electron chi connectivity index (χ3n) is 5.23. The van der Waals surface area contributed by atoms with E-state index in [-0.39, 0.29) is 29.8 Å². The fourth-order valence-electron chi connectivity index (χ4n) is 3.70. The molecular formula is C22H27ClO5. The lowest BCUT2D eigenvalue weighted by Crippen LogP contribution is -2.13. The number of Topliss-reactive ketones (excluding diaryl/α,β-unsaturated/α-hetero) is 1. The highest BCUT2D eigenvalue weighted by molar-refractivity contribution is 6.31. The molecule has 0 radical (unpaired) electrons. The van der Waals surface area contributed by atoms with Crippen LogP contribution in [0.15, 0.2) is 30.4 Å². The van der Waals surface area contributed by atoms with Gasteiger partial charge in [-0.15, -0.1) is 0 Å². The smallest absolute Gasteiger partial charge is 0.303 e. The minimum Gasteiger partial charge on any atom is -0.496 e. The van der Waals surface area contributed by atoms with Crippen molar-refractivity contribution in [2.45, 2.75) is 51.4 Å². The zero-order valence-electron chi connectivity index (χ0n) is 16.2. The molecule has 1 aliphatic rings. The number of hydrogen-bond donors (Lipinski definition) is 1. The van der Waals surface area contributed by atoms with Crippen LogP contribution in [0.1, 0.15) is 61.7 Å². The molecule has 28 heavy (non-hydrogen) atoms. The number of hydrogen-bond acceptors (Lipinski definition) is 4. The number of rotatable bonds is 11. The number of carboxylic acids is 1. The van der Waals surface area contributed by atoms with Crippen LogP contribution in [0.3, 0.4) is 0 Å². The average Bonchev–Trinajstić information content (AvgIpc) is 3.01. The molecule has 0 saturated heterocycles. The van der Waals surface area contributed by atoms with Gasteiger partial charge in [-0.1, -0.05) is 36.9 Å². The number of carbonyl (C=O) groups is 3.